The lowest BCUT2D eigenvalue weighted by atomic mass is 10.1. The zero-order valence-corrected chi connectivity index (χ0v) is 19.9. The fourth-order valence-corrected chi connectivity index (χ4v) is 4.50. The standard InChI is InChI=1S/C25H27FN6O4/c1-16(25(34)27-19-4-2-3-5-19)32(20-10-11-21-22(14-20)36-13-12-35-21)23(33)15-31-29-24(28-30-31)17-6-8-18(26)9-7-17/h6-11,14,16,19H,2-5,12-13,15H2,1H3,(H,27,34)/t16-/m1/s1. The van der Waals surface area contributed by atoms with Crippen LogP contribution in [0.1, 0.15) is 32.6 Å². The predicted octanol–water partition coefficient (Wildman–Crippen LogP) is 2.73. The van der Waals surface area contributed by atoms with Crippen LogP contribution in [0.3, 0.4) is 0 Å². The van der Waals surface area contributed by atoms with Crippen LogP contribution in [0.2, 0.25) is 0 Å². The number of aromatic nitrogens is 4. The number of ether oxygens (including phenoxy) is 2. The second kappa shape index (κ2) is 10.3. The lowest BCUT2D eigenvalue weighted by Crippen LogP contribution is -2.51. The largest absolute Gasteiger partial charge is 0.486 e. The SMILES string of the molecule is C[C@H](C(=O)NC1CCCC1)N(C(=O)Cn1nnc(-c2ccc(F)cc2)n1)c1ccc2c(c1)OCCO2. The molecule has 2 aromatic carbocycles. The minimum atomic E-state index is -0.791. The summed E-state index contributed by atoms with van der Waals surface area (Å²) in [4.78, 5) is 29.3. The summed E-state index contributed by atoms with van der Waals surface area (Å²) >= 11 is 0. The van der Waals surface area contributed by atoms with Crippen molar-refractivity contribution < 1.29 is 23.5 Å². The van der Waals surface area contributed by atoms with Gasteiger partial charge in [0.2, 0.25) is 11.7 Å². The second-order valence-corrected chi connectivity index (χ2v) is 8.91. The van der Waals surface area contributed by atoms with Gasteiger partial charge in [-0.3, -0.25) is 14.5 Å². The molecule has 188 valence electrons. The first-order chi connectivity index (χ1) is 17.5. The van der Waals surface area contributed by atoms with Crippen molar-refractivity contribution in [3.8, 4) is 22.9 Å². The van der Waals surface area contributed by atoms with E-state index in [0.717, 1.165) is 30.5 Å². The number of hydrogen-bond donors (Lipinski definition) is 1. The molecule has 1 aliphatic carbocycles. The van der Waals surface area contributed by atoms with Crippen LogP contribution in [0.5, 0.6) is 11.5 Å². The first kappa shape index (κ1) is 23.7. The number of amides is 2. The molecule has 1 fully saturated rings. The molecule has 36 heavy (non-hydrogen) atoms. The van der Waals surface area contributed by atoms with E-state index in [1.165, 1.54) is 29.2 Å². The van der Waals surface area contributed by atoms with Crippen LogP contribution in [0, 0.1) is 5.82 Å². The van der Waals surface area contributed by atoms with Crippen LogP contribution in [-0.4, -0.2) is 57.3 Å². The molecule has 1 N–H and O–H groups in total. The fourth-order valence-electron chi connectivity index (χ4n) is 4.50. The molecule has 1 aromatic heterocycles. The van der Waals surface area contributed by atoms with Gasteiger partial charge in [0, 0.05) is 23.4 Å². The lowest BCUT2D eigenvalue weighted by molar-refractivity contribution is -0.127. The number of halogens is 1. The maximum atomic E-state index is 13.6. The minimum Gasteiger partial charge on any atom is -0.486 e. The van der Waals surface area contributed by atoms with Crippen molar-refractivity contribution >= 4 is 17.5 Å². The Balaban J connectivity index is 1.39. The molecular weight excluding hydrogens is 467 g/mol. The van der Waals surface area contributed by atoms with Crippen LogP contribution in [-0.2, 0) is 16.1 Å². The molecule has 1 saturated carbocycles. The van der Waals surface area contributed by atoms with Crippen molar-refractivity contribution in [2.24, 2.45) is 0 Å². The summed E-state index contributed by atoms with van der Waals surface area (Å²) in [6.45, 7) is 2.29. The quantitative estimate of drug-likeness (QED) is 0.538. The van der Waals surface area contributed by atoms with Gasteiger partial charge in [-0.1, -0.05) is 12.8 Å². The van der Waals surface area contributed by atoms with Crippen LogP contribution in [0.4, 0.5) is 10.1 Å². The van der Waals surface area contributed by atoms with E-state index in [0.29, 0.717) is 36.0 Å². The van der Waals surface area contributed by atoms with Gasteiger partial charge in [0.1, 0.15) is 31.6 Å². The monoisotopic (exact) mass is 494 g/mol. The number of nitrogens with zero attached hydrogens (tertiary/aromatic N) is 5. The summed E-state index contributed by atoms with van der Waals surface area (Å²) in [6, 6.07) is 10.2. The van der Waals surface area contributed by atoms with Crippen molar-refractivity contribution in [3.05, 3.63) is 48.3 Å². The number of rotatable bonds is 7. The summed E-state index contributed by atoms with van der Waals surface area (Å²) < 4.78 is 24.5. The van der Waals surface area contributed by atoms with Crippen molar-refractivity contribution in [1.29, 1.82) is 0 Å². The van der Waals surface area contributed by atoms with E-state index in [2.05, 4.69) is 20.7 Å². The number of carbonyl (C=O) groups excluding carboxylic acids is 2. The van der Waals surface area contributed by atoms with E-state index >= 15 is 0 Å². The second-order valence-electron chi connectivity index (χ2n) is 8.91. The zero-order chi connectivity index (χ0) is 25.1. The molecule has 11 heteroatoms. The molecule has 0 saturated heterocycles. The van der Waals surface area contributed by atoms with E-state index in [9.17, 15) is 14.0 Å². The Bertz CT molecular complexity index is 1240. The lowest BCUT2D eigenvalue weighted by Gasteiger charge is -2.30. The van der Waals surface area contributed by atoms with Gasteiger partial charge < -0.3 is 14.8 Å². The Kier molecular flexibility index (Phi) is 6.79. The van der Waals surface area contributed by atoms with Gasteiger partial charge in [-0.2, -0.15) is 4.80 Å². The maximum absolute atomic E-state index is 13.6. The molecule has 0 spiro atoms. The van der Waals surface area contributed by atoms with E-state index < -0.39 is 11.9 Å². The molecule has 2 amide bonds. The normalized spacial score (nSPS) is 15.9. The van der Waals surface area contributed by atoms with Crippen LogP contribution < -0.4 is 19.7 Å². The molecule has 0 radical (unpaired) electrons. The molecule has 10 nitrogen and oxygen atoms in total. The van der Waals surface area contributed by atoms with Gasteiger partial charge in [0.25, 0.3) is 5.91 Å². The highest BCUT2D eigenvalue weighted by molar-refractivity contribution is 6.00. The molecular formula is C25H27FN6O4. The van der Waals surface area contributed by atoms with E-state index in [1.807, 2.05) is 0 Å². The van der Waals surface area contributed by atoms with E-state index in [4.69, 9.17) is 9.47 Å². The van der Waals surface area contributed by atoms with E-state index in [-0.39, 0.29) is 30.1 Å². The number of nitrogens with one attached hydrogen (secondary N) is 1. The summed E-state index contributed by atoms with van der Waals surface area (Å²) in [6.07, 6.45) is 4.04. The number of benzene rings is 2. The maximum Gasteiger partial charge on any atom is 0.251 e. The predicted molar refractivity (Wildman–Crippen MR) is 128 cm³/mol. The van der Waals surface area contributed by atoms with Gasteiger partial charge in [-0.05, 0) is 61.4 Å². The number of hydrogen-bond acceptors (Lipinski definition) is 7. The van der Waals surface area contributed by atoms with Crippen molar-refractivity contribution in [1.82, 2.24) is 25.5 Å². The molecule has 5 rings (SSSR count). The van der Waals surface area contributed by atoms with Crippen LogP contribution in [0.25, 0.3) is 11.4 Å². The Morgan fingerprint density at radius 2 is 1.83 bits per heavy atom. The summed E-state index contributed by atoms with van der Waals surface area (Å²) in [5.74, 6) is 0.356. The molecule has 2 heterocycles. The highest BCUT2D eigenvalue weighted by atomic mass is 19.1. The van der Waals surface area contributed by atoms with Gasteiger partial charge in [-0.25, -0.2) is 4.39 Å². The molecule has 1 aliphatic heterocycles. The first-order valence-corrected chi connectivity index (χ1v) is 12.0. The Morgan fingerprint density at radius 3 is 2.58 bits per heavy atom. The van der Waals surface area contributed by atoms with Crippen molar-refractivity contribution in [3.63, 3.8) is 0 Å². The third-order valence-electron chi connectivity index (χ3n) is 6.37. The molecule has 0 bridgehead atoms. The smallest absolute Gasteiger partial charge is 0.251 e. The van der Waals surface area contributed by atoms with Gasteiger partial charge in [-0.15, -0.1) is 10.2 Å². The van der Waals surface area contributed by atoms with Crippen LogP contribution in [0.15, 0.2) is 42.5 Å². The Hall–Kier alpha value is -4.02. The fraction of sp³-hybridized carbons (Fsp3) is 0.400. The highest BCUT2D eigenvalue weighted by Gasteiger charge is 2.31. The first-order valence-electron chi connectivity index (χ1n) is 12.0. The number of carbonyl (C=O) groups is 2. The minimum absolute atomic E-state index is 0.118. The van der Waals surface area contributed by atoms with E-state index in [1.54, 1.807) is 25.1 Å². The van der Waals surface area contributed by atoms with Gasteiger partial charge in [0.05, 0.1) is 0 Å². The van der Waals surface area contributed by atoms with Gasteiger partial charge in [0.15, 0.2) is 11.5 Å². The summed E-state index contributed by atoms with van der Waals surface area (Å²) in [7, 11) is 0. The molecule has 2 aliphatic rings. The highest BCUT2D eigenvalue weighted by Crippen LogP contribution is 2.35. The molecule has 1 atom stereocenters. The summed E-state index contributed by atoms with van der Waals surface area (Å²) in [5.41, 5.74) is 1.07. The number of fused-ring (bicyclic) bond motifs is 1. The average Bonchev–Trinajstić information content (AvgIpc) is 3.57. The Labute approximate surface area is 207 Å². The summed E-state index contributed by atoms with van der Waals surface area (Å²) in [5, 5.41) is 15.3. The zero-order valence-electron chi connectivity index (χ0n) is 19.9. The van der Waals surface area contributed by atoms with Gasteiger partial charge >= 0.3 is 0 Å². The topological polar surface area (TPSA) is 111 Å². The third kappa shape index (κ3) is 5.14. The molecule has 0 unspecified atom stereocenters. The van der Waals surface area contributed by atoms with Crippen molar-refractivity contribution in [2.45, 2.75) is 51.2 Å². The Morgan fingerprint density at radius 1 is 1.11 bits per heavy atom. The third-order valence-corrected chi connectivity index (χ3v) is 6.37. The number of tetrazole rings is 1. The van der Waals surface area contributed by atoms with Crippen molar-refractivity contribution in [2.75, 3.05) is 18.1 Å². The average molecular weight is 495 g/mol. The number of anilines is 1. The van der Waals surface area contributed by atoms with Crippen LogP contribution >= 0.6 is 0 Å². The molecule has 3 aromatic rings.